The fraction of sp³-hybridized carbons (Fsp3) is 0.675. The fourth-order valence-corrected chi connectivity index (χ4v) is 8.98. The zero-order chi connectivity index (χ0) is 76.2. The highest BCUT2D eigenvalue weighted by Crippen LogP contribution is 2.13. The van der Waals surface area contributed by atoms with E-state index in [0.717, 1.165) is 0 Å². The number of esters is 12. The third kappa shape index (κ3) is 71.1. The molecule has 0 atom stereocenters. The summed E-state index contributed by atoms with van der Waals surface area (Å²) in [5, 5.41) is 0. The Morgan fingerprint density at radius 1 is 0.231 bits per heavy atom. The Kier molecular flexibility index (Phi) is 65.7. The zero-order valence-corrected chi connectivity index (χ0v) is 61.6. The predicted octanol–water partition coefficient (Wildman–Crippen LogP) is 16.3. The van der Waals surface area contributed by atoms with Gasteiger partial charge >= 0.3 is 71.6 Å². The van der Waals surface area contributed by atoms with Gasteiger partial charge in [-0.2, -0.15) is 0 Å². The minimum absolute atomic E-state index is 0. The minimum atomic E-state index is -0.488. The van der Waals surface area contributed by atoms with Crippen molar-refractivity contribution in [3.8, 4) is 71.7 Å². The molecule has 0 amide bonds. The first-order valence-electron chi connectivity index (χ1n) is 37.1. The van der Waals surface area contributed by atoms with Crippen LogP contribution in [-0.4, -0.2) is 144 Å². The standard InChI is InChI=1S/C80H112O24.17H2/c1-4-5-6-7-8-9-10-11-12-33-56-93-69(81)45-23-13-34-57-94-70(82)46-24-14-35-58-95-71(83)47-25-15-36-59-96-72(84)48-26-16-37-60-97-73(85)49-27-17-38-61-98-74(86)50-28-18-39-62-99-75(87)51-29-19-40-63-100-76(88)52-30-20-41-64-101-77(89)53-31-21-42-65-102-78(90)54-32-22-43-66-103-79(91)55-44-67-104-80(92)68(2)3;;;;;;;;;;;;;;;;;/h1H,2,13-32,34-55,57-67H2,3H3;17*1H. The molecule has 0 aromatic heterocycles. The molecule has 0 saturated heterocycles. The van der Waals surface area contributed by atoms with E-state index in [1.165, 1.54) is 0 Å². The molecule has 0 fully saturated rings. The minimum Gasteiger partial charge on any atom is -0.466 e. The Morgan fingerprint density at radius 2 is 0.404 bits per heavy atom. The SMILES string of the molecule is C#CC#CC#CC#CC#CC#COC(=O)CCCCCOC(=O)CCCCCOC(=O)CCCCCOC(=O)CCCCCOC(=O)CCCCCOC(=O)CCCCCOC(=O)CCCCCOC(=O)CCCCCOC(=O)CCCCCOC(=O)CCCCCOC(=O)CCCOC(=O)C(=C)C.[HH].[HH].[HH].[HH].[HH].[HH].[HH].[HH].[HH].[HH].[HH].[HH].[HH].[HH].[HH].[HH].[HH]. The molecule has 0 rings (SSSR count). The van der Waals surface area contributed by atoms with E-state index in [2.05, 4.69) is 71.9 Å². The first kappa shape index (κ1) is 94.7. The van der Waals surface area contributed by atoms with E-state index >= 15 is 0 Å². The molecular weight excluding hydrogens is 1340 g/mol. The van der Waals surface area contributed by atoms with E-state index in [-0.39, 0.29) is 227 Å². The topological polar surface area (TPSA) is 316 Å². The molecule has 24 nitrogen and oxygen atoms in total. The molecule has 0 spiro atoms. The van der Waals surface area contributed by atoms with Gasteiger partial charge in [0.2, 0.25) is 0 Å². The summed E-state index contributed by atoms with van der Waals surface area (Å²) >= 11 is 0. The Labute approximate surface area is 641 Å². The van der Waals surface area contributed by atoms with Crippen molar-refractivity contribution in [3.05, 3.63) is 12.2 Å². The number of carbonyl (C=O) groups is 12. The summed E-state index contributed by atoms with van der Waals surface area (Å²) in [6, 6.07) is 0. The average Bonchev–Trinajstić information content (AvgIpc) is 1.05. The highest BCUT2D eigenvalue weighted by molar-refractivity contribution is 5.87. The molecule has 0 aliphatic carbocycles. The molecule has 0 aliphatic rings. The Balaban J connectivity index is -0.000000390. The van der Waals surface area contributed by atoms with Gasteiger partial charge in [0.05, 0.1) is 72.7 Å². The quantitative estimate of drug-likeness (QED) is 0.0179. The van der Waals surface area contributed by atoms with Crippen molar-refractivity contribution in [1.29, 1.82) is 0 Å². The normalized spacial score (nSPS) is 10.0. The molecule has 610 valence electrons. The van der Waals surface area contributed by atoms with Gasteiger partial charge in [-0.05, 0) is 236 Å². The summed E-state index contributed by atoms with van der Waals surface area (Å²) < 4.78 is 62.4. The lowest BCUT2D eigenvalue weighted by atomic mass is 10.2. The molecule has 0 heterocycles. The van der Waals surface area contributed by atoms with Crippen LogP contribution in [0.1, 0.15) is 301 Å². The summed E-state index contributed by atoms with van der Waals surface area (Å²) in [7, 11) is 0. The maximum absolute atomic E-state index is 12.1. The van der Waals surface area contributed by atoms with E-state index in [4.69, 9.17) is 63.3 Å². The zero-order valence-electron chi connectivity index (χ0n) is 61.6. The number of unbranched alkanes of at least 4 members (excludes halogenated alkanes) is 20. The van der Waals surface area contributed by atoms with Gasteiger partial charge < -0.3 is 56.8 Å². The smallest absolute Gasteiger partial charge is 0.333 e. The lowest BCUT2D eigenvalue weighted by Gasteiger charge is -2.07. The summed E-state index contributed by atoms with van der Waals surface area (Å²) in [6.07, 6.45) is 29.7. The number of rotatable bonds is 65. The van der Waals surface area contributed by atoms with Crippen LogP contribution in [0.15, 0.2) is 12.2 Å². The molecule has 0 bridgehead atoms. The van der Waals surface area contributed by atoms with E-state index in [0.29, 0.717) is 205 Å². The van der Waals surface area contributed by atoms with E-state index < -0.39 is 11.9 Å². The molecule has 0 aromatic carbocycles. The molecular formula is C80H146O24. The van der Waals surface area contributed by atoms with Gasteiger partial charge in [0.15, 0.2) is 0 Å². The van der Waals surface area contributed by atoms with Gasteiger partial charge in [-0.15, -0.1) is 6.42 Å². The van der Waals surface area contributed by atoms with Gasteiger partial charge in [0.25, 0.3) is 0 Å². The summed E-state index contributed by atoms with van der Waals surface area (Å²) in [6.45, 7) is 7.88. The van der Waals surface area contributed by atoms with Gasteiger partial charge in [0, 0.05) is 130 Å². The van der Waals surface area contributed by atoms with Crippen molar-refractivity contribution in [1.82, 2.24) is 0 Å². The lowest BCUT2D eigenvalue weighted by molar-refractivity contribution is -0.146. The number of carbonyl (C=O) groups excluding carboxylic acids is 12. The predicted molar refractivity (Wildman–Crippen MR) is 419 cm³/mol. The van der Waals surface area contributed by atoms with E-state index in [1.54, 1.807) is 6.92 Å². The van der Waals surface area contributed by atoms with Gasteiger partial charge in [-0.25, -0.2) is 4.79 Å². The Morgan fingerprint density at radius 3 is 0.606 bits per heavy atom. The second kappa shape index (κ2) is 72.1. The van der Waals surface area contributed by atoms with Crippen LogP contribution < -0.4 is 0 Å². The van der Waals surface area contributed by atoms with Gasteiger partial charge in [0.1, 0.15) is 6.11 Å². The number of ether oxygens (including phenoxy) is 12. The van der Waals surface area contributed by atoms with Crippen molar-refractivity contribution >= 4 is 71.6 Å². The molecule has 0 saturated carbocycles. The highest BCUT2D eigenvalue weighted by atomic mass is 16.6. The van der Waals surface area contributed by atoms with Crippen LogP contribution in [-0.2, 0) is 114 Å². The first-order valence-corrected chi connectivity index (χ1v) is 37.1. The van der Waals surface area contributed by atoms with Crippen LogP contribution in [0, 0.1) is 71.7 Å². The average molecular weight is 1490 g/mol. The van der Waals surface area contributed by atoms with Crippen molar-refractivity contribution in [2.24, 2.45) is 0 Å². The Bertz CT molecular complexity index is 2970. The molecule has 0 radical (unpaired) electrons. The molecule has 0 unspecified atom stereocenters. The maximum Gasteiger partial charge on any atom is 0.333 e. The van der Waals surface area contributed by atoms with Crippen molar-refractivity contribution in [2.45, 2.75) is 277 Å². The fourth-order valence-electron chi connectivity index (χ4n) is 8.98. The van der Waals surface area contributed by atoms with E-state index in [9.17, 15) is 57.5 Å². The van der Waals surface area contributed by atoms with Crippen LogP contribution in [0.25, 0.3) is 0 Å². The molecule has 0 N–H and O–H groups in total. The highest BCUT2D eigenvalue weighted by Gasteiger charge is 2.13. The summed E-state index contributed by atoms with van der Waals surface area (Å²) in [5.74, 6) is 19.8. The largest absolute Gasteiger partial charge is 0.466 e. The van der Waals surface area contributed by atoms with Crippen LogP contribution >= 0.6 is 0 Å². The second-order valence-corrected chi connectivity index (χ2v) is 24.2. The van der Waals surface area contributed by atoms with Gasteiger partial charge in [-0.3, -0.25) is 52.7 Å². The van der Waals surface area contributed by atoms with Crippen molar-refractivity contribution in [3.63, 3.8) is 0 Å². The summed E-state index contributed by atoms with van der Waals surface area (Å²) in [5.41, 5.74) is 0.302. The number of hydrogen-bond donors (Lipinski definition) is 0. The van der Waals surface area contributed by atoms with Crippen LogP contribution in [0.5, 0.6) is 0 Å². The Hall–Kier alpha value is -9.26. The monoisotopic (exact) mass is 1490 g/mol. The van der Waals surface area contributed by atoms with Crippen LogP contribution in [0.3, 0.4) is 0 Å². The first-order chi connectivity index (χ1) is 50.5. The maximum atomic E-state index is 12.1. The molecule has 0 aliphatic heterocycles. The second-order valence-electron chi connectivity index (χ2n) is 24.2. The van der Waals surface area contributed by atoms with Crippen molar-refractivity contribution in [2.75, 3.05) is 72.7 Å². The number of hydrogen-bond acceptors (Lipinski definition) is 24. The molecule has 104 heavy (non-hydrogen) atoms. The van der Waals surface area contributed by atoms with Crippen LogP contribution in [0.2, 0.25) is 0 Å². The third-order valence-corrected chi connectivity index (χ3v) is 14.8. The number of terminal acetylenes is 1. The van der Waals surface area contributed by atoms with Crippen LogP contribution in [0.4, 0.5) is 0 Å². The van der Waals surface area contributed by atoms with Gasteiger partial charge in [-0.1, -0.05) is 6.58 Å². The molecule has 0 aromatic rings. The lowest BCUT2D eigenvalue weighted by Crippen LogP contribution is -2.10. The summed E-state index contributed by atoms with van der Waals surface area (Å²) in [4.78, 5) is 144. The molecule has 24 heteroatoms. The van der Waals surface area contributed by atoms with E-state index in [1.807, 2.05) is 0 Å². The van der Waals surface area contributed by atoms with Crippen molar-refractivity contribution < 1.29 is 139 Å². The third-order valence-electron chi connectivity index (χ3n) is 14.8.